The Bertz CT molecular complexity index is 1220. The lowest BCUT2D eigenvalue weighted by Gasteiger charge is -2.26. The average molecular weight is 485 g/mol. The molecule has 0 radical (unpaired) electrons. The zero-order valence-corrected chi connectivity index (χ0v) is 19.8. The van der Waals surface area contributed by atoms with E-state index in [0.29, 0.717) is 37.8 Å². The maximum atomic E-state index is 12.7. The fourth-order valence-electron chi connectivity index (χ4n) is 3.67. The van der Waals surface area contributed by atoms with E-state index in [1.807, 2.05) is 42.5 Å². The van der Waals surface area contributed by atoms with Crippen molar-refractivity contribution in [1.82, 2.24) is 9.62 Å². The third kappa shape index (κ3) is 5.67. The highest BCUT2D eigenvalue weighted by Gasteiger charge is 2.26. The topological polar surface area (TPSA) is 94.2 Å². The number of nitrogens with zero attached hydrogens (tertiary/aromatic N) is 1. The van der Waals surface area contributed by atoms with Crippen LogP contribution in [0.3, 0.4) is 0 Å². The summed E-state index contributed by atoms with van der Waals surface area (Å²) in [5, 5.41) is 4.79. The molecule has 1 fully saturated rings. The number of rotatable bonds is 9. The SMILES string of the molecule is C[C@H](Oc1cccc2ccccc12)C(=O)NCCOc1ccc(S(=O)(=O)N2CCOCC2)cc1. The van der Waals surface area contributed by atoms with Crippen LogP contribution in [0.15, 0.2) is 71.6 Å². The number of carbonyl (C=O) groups is 1. The first-order valence-corrected chi connectivity index (χ1v) is 12.6. The molecule has 1 aliphatic rings. The molecule has 1 saturated heterocycles. The summed E-state index contributed by atoms with van der Waals surface area (Å²) in [6.45, 7) is 3.73. The summed E-state index contributed by atoms with van der Waals surface area (Å²) in [4.78, 5) is 12.6. The number of sulfonamides is 1. The molecular formula is C25H28N2O6S. The lowest BCUT2D eigenvalue weighted by atomic mass is 10.1. The van der Waals surface area contributed by atoms with Gasteiger partial charge in [0.25, 0.3) is 5.91 Å². The third-order valence-corrected chi connectivity index (χ3v) is 7.44. The minimum Gasteiger partial charge on any atom is -0.492 e. The van der Waals surface area contributed by atoms with E-state index in [1.165, 1.54) is 16.4 Å². The van der Waals surface area contributed by atoms with E-state index >= 15 is 0 Å². The minimum atomic E-state index is -3.54. The molecule has 0 saturated carbocycles. The number of morpholine rings is 1. The molecule has 1 N–H and O–H groups in total. The van der Waals surface area contributed by atoms with E-state index in [4.69, 9.17) is 14.2 Å². The summed E-state index contributed by atoms with van der Waals surface area (Å²) in [6, 6.07) is 19.9. The van der Waals surface area contributed by atoms with E-state index in [-0.39, 0.29) is 24.0 Å². The smallest absolute Gasteiger partial charge is 0.260 e. The molecule has 1 atom stereocenters. The Kier molecular flexibility index (Phi) is 7.66. The van der Waals surface area contributed by atoms with Crippen molar-refractivity contribution < 1.29 is 27.4 Å². The number of amides is 1. The predicted molar refractivity (Wildman–Crippen MR) is 129 cm³/mol. The van der Waals surface area contributed by atoms with Crippen molar-refractivity contribution in [1.29, 1.82) is 0 Å². The Hall–Kier alpha value is -3.14. The quantitative estimate of drug-likeness (QED) is 0.470. The standard InChI is InChI=1S/C25H28N2O6S/c1-19(33-24-8-4-6-20-5-2-3-7-23(20)24)25(28)26-13-16-32-21-9-11-22(12-10-21)34(29,30)27-14-17-31-18-15-27/h2-12,19H,13-18H2,1H3,(H,26,28)/t19-/m0/s1. The summed E-state index contributed by atoms with van der Waals surface area (Å²) in [5.74, 6) is 0.933. The Labute approximate surface area is 199 Å². The van der Waals surface area contributed by atoms with Gasteiger partial charge in [-0.15, -0.1) is 0 Å². The van der Waals surface area contributed by atoms with Gasteiger partial charge in [0.05, 0.1) is 24.7 Å². The van der Waals surface area contributed by atoms with Gasteiger partial charge in [0.2, 0.25) is 10.0 Å². The van der Waals surface area contributed by atoms with E-state index in [2.05, 4.69) is 5.32 Å². The molecule has 1 heterocycles. The van der Waals surface area contributed by atoms with Crippen molar-refractivity contribution in [3.63, 3.8) is 0 Å². The van der Waals surface area contributed by atoms with Crippen molar-refractivity contribution in [2.75, 3.05) is 39.5 Å². The van der Waals surface area contributed by atoms with Crippen LogP contribution < -0.4 is 14.8 Å². The Morgan fingerprint density at radius 3 is 2.50 bits per heavy atom. The van der Waals surface area contributed by atoms with Crippen molar-refractivity contribution in [3.8, 4) is 11.5 Å². The van der Waals surface area contributed by atoms with E-state index in [1.54, 1.807) is 19.1 Å². The first-order chi connectivity index (χ1) is 16.4. The van der Waals surface area contributed by atoms with Gasteiger partial charge in [0.1, 0.15) is 18.1 Å². The fourth-order valence-corrected chi connectivity index (χ4v) is 5.08. The average Bonchev–Trinajstić information content (AvgIpc) is 2.87. The van der Waals surface area contributed by atoms with Gasteiger partial charge in [-0.1, -0.05) is 36.4 Å². The normalized spacial score (nSPS) is 15.6. The highest BCUT2D eigenvalue weighted by atomic mass is 32.2. The zero-order valence-electron chi connectivity index (χ0n) is 19.0. The van der Waals surface area contributed by atoms with E-state index < -0.39 is 16.1 Å². The molecule has 180 valence electrons. The van der Waals surface area contributed by atoms with Crippen LogP contribution in [0.4, 0.5) is 0 Å². The van der Waals surface area contributed by atoms with Gasteiger partial charge in [-0.25, -0.2) is 8.42 Å². The molecular weight excluding hydrogens is 456 g/mol. The van der Waals surface area contributed by atoms with Gasteiger partial charge < -0.3 is 19.5 Å². The van der Waals surface area contributed by atoms with Crippen LogP contribution in [0.5, 0.6) is 11.5 Å². The number of hydrogen-bond acceptors (Lipinski definition) is 6. The molecule has 0 aliphatic carbocycles. The number of carbonyl (C=O) groups excluding carboxylic acids is 1. The first kappa shape index (κ1) is 24.0. The molecule has 1 aliphatic heterocycles. The second kappa shape index (κ2) is 10.9. The summed E-state index contributed by atoms with van der Waals surface area (Å²) in [5.41, 5.74) is 0. The van der Waals surface area contributed by atoms with Gasteiger partial charge in [-0.05, 0) is 42.6 Å². The van der Waals surface area contributed by atoms with Gasteiger partial charge >= 0.3 is 0 Å². The van der Waals surface area contributed by atoms with Gasteiger partial charge in [0.15, 0.2) is 6.10 Å². The van der Waals surface area contributed by atoms with Crippen molar-refractivity contribution >= 4 is 26.7 Å². The second-order valence-corrected chi connectivity index (χ2v) is 9.80. The molecule has 9 heteroatoms. The van der Waals surface area contributed by atoms with Crippen LogP contribution in [0.2, 0.25) is 0 Å². The third-order valence-electron chi connectivity index (χ3n) is 5.52. The van der Waals surface area contributed by atoms with Gasteiger partial charge in [0, 0.05) is 18.5 Å². The summed E-state index contributed by atoms with van der Waals surface area (Å²) in [6.07, 6.45) is -0.671. The highest BCUT2D eigenvalue weighted by molar-refractivity contribution is 7.89. The summed E-state index contributed by atoms with van der Waals surface area (Å²) >= 11 is 0. The number of nitrogens with one attached hydrogen (secondary N) is 1. The molecule has 0 aromatic heterocycles. The van der Waals surface area contributed by atoms with Crippen LogP contribution >= 0.6 is 0 Å². The van der Waals surface area contributed by atoms with Crippen LogP contribution in [0.1, 0.15) is 6.92 Å². The van der Waals surface area contributed by atoms with Crippen molar-refractivity contribution in [3.05, 3.63) is 66.7 Å². The maximum Gasteiger partial charge on any atom is 0.260 e. The molecule has 0 bridgehead atoms. The van der Waals surface area contributed by atoms with Crippen LogP contribution in [0.25, 0.3) is 10.8 Å². The minimum absolute atomic E-state index is 0.217. The molecule has 4 rings (SSSR count). The maximum absolute atomic E-state index is 12.7. The van der Waals surface area contributed by atoms with Gasteiger partial charge in [-0.3, -0.25) is 4.79 Å². The van der Waals surface area contributed by atoms with Crippen LogP contribution in [-0.4, -0.2) is 64.2 Å². The number of hydrogen-bond donors (Lipinski definition) is 1. The monoisotopic (exact) mass is 484 g/mol. The molecule has 0 spiro atoms. The fraction of sp³-hybridized carbons (Fsp3) is 0.320. The lowest BCUT2D eigenvalue weighted by molar-refractivity contribution is -0.127. The Morgan fingerprint density at radius 2 is 1.74 bits per heavy atom. The van der Waals surface area contributed by atoms with E-state index in [0.717, 1.165) is 10.8 Å². The molecule has 34 heavy (non-hydrogen) atoms. The molecule has 3 aromatic rings. The zero-order chi connectivity index (χ0) is 24.0. The van der Waals surface area contributed by atoms with E-state index in [9.17, 15) is 13.2 Å². The number of fused-ring (bicyclic) bond motifs is 1. The molecule has 0 unspecified atom stereocenters. The molecule has 1 amide bonds. The second-order valence-electron chi connectivity index (χ2n) is 7.86. The number of benzene rings is 3. The van der Waals surface area contributed by atoms with Crippen molar-refractivity contribution in [2.24, 2.45) is 0 Å². The van der Waals surface area contributed by atoms with Crippen LogP contribution in [0, 0.1) is 0 Å². The predicted octanol–water partition coefficient (Wildman–Crippen LogP) is 2.82. The highest BCUT2D eigenvalue weighted by Crippen LogP contribution is 2.26. The largest absolute Gasteiger partial charge is 0.492 e. The lowest BCUT2D eigenvalue weighted by Crippen LogP contribution is -2.40. The Morgan fingerprint density at radius 1 is 1.03 bits per heavy atom. The Balaban J connectivity index is 1.24. The first-order valence-electron chi connectivity index (χ1n) is 11.2. The van der Waals surface area contributed by atoms with Gasteiger partial charge in [-0.2, -0.15) is 4.31 Å². The summed E-state index contributed by atoms with van der Waals surface area (Å²) in [7, 11) is -3.54. The summed E-state index contributed by atoms with van der Waals surface area (Å²) < 4.78 is 43.5. The molecule has 3 aromatic carbocycles. The van der Waals surface area contributed by atoms with Crippen LogP contribution in [-0.2, 0) is 19.6 Å². The van der Waals surface area contributed by atoms with Crippen molar-refractivity contribution in [2.45, 2.75) is 17.9 Å². The number of ether oxygens (including phenoxy) is 3. The molecule has 8 nitrogen and oxygen atoms in total.